The number of carbonyl (C=O) groups excluding carboxylic acids is 2. The summed E-state index contributed by atoms with van der Waals surface area (Å²) < 4.78 is 0. The smallest absolute Gasteiger partial charge is 0.256 e. The van der Waals surface area contributed by atoms with E-state index in [0.717, 1.165) is 25.7 Å². The minimum Gasteiger partial charge on any atom is -0.508 e. The number of rotatable bonds is 4. The van der Waals surface area contributed by atoms with Gasteiger partial charge in [-0.2, -0.15) is 0 Å². The zero-order valence-corrected chi connectivity index (χ0v) is 11.8. The number of amides is 2. The maximum atomic E-state index is 12.6. The van der Waals surface area contributed by atoms with Gasteiger partial charge in [0.25, 0.3) is 5.91 Å². The van der Waals surface area contributed by atoms with Crippen LogP contribution in [0.5, 0.6) is 5.75 Å². The predicted molar refractivity (Wildman–Crippen MR) is 75.6 cm³/mol. The third-order valence-electron chi connectivity index (χ3n) is 3.53. The Morgan fingerprint density at radius 1 is 1.35 bits per heavy atom. The predicted octanol–water partition coefficient (Wildman–Crippen LogP) is 1.92. The summed E-state index contributed by atoms with van der Waals surface area (Å²) in [4.78, 5) is 25.2. The average molecular weight is 297 g/mol. The van der Waals surface area contributed by atoms with E-state index < -0.39 is 5.91 Å². The fraction of sp³-hybridized carbons (Fsp3) is 0.429. The van der Waals surface area contributed by atoms with Gasteiger partial charge in [0.1, 0.15) is 5.75 Å². The molecule has 2 rings (SSSR count). The molecule has 2 amide bonds. The van der Waals surface area contributed by atoms with Gasteiger partial charge >= 0.3 is 0 Å². The number of primary amides is 1. The lowest BCUT2D eigenvalue weighted by Gasteiger charge is -2.28. The molecule has 20 heavy (non-hydrogen) atoms. The van der Waals surface area contributed by atoms with Crippen LogP contribution in [0.2, 0.25) is 5.02 Å². The Labute approximate surface area is 122 Å². The van der Waals surface area contributed by atoms with Gasteiger partial charge in [-0.05, 0) is 31.0 Å². The lowest BCUT2D eigenvalue weighted by atomic mass is 10.1. The molecule has 1 aliphatic rings. The lowest BCUT2D eigenvalue weighted by molar-refractivity contribution is -0.119. The van der Waals surface area contributed by atoms with E-state index in [1.54, 1.807) is 0 Å². The zero-order valence-electron chi connectivity index (χ0n) is 11.0. The molecule has 1 aromatic carbocycles. The Kier molecular flexibility index (Phi) is 4.49. The molecule has 0 unspecified atom stereocenters. The van der Waals surface area contributed by atoms with Crippen LogP contribution in [0.1, 0.15) is 36.0 Å². The van der Waals surface area contributed by atoms with Crippen molar-refractivity contribution in [2.45, 2.75) is 31.7 Å². The van der Waals surface area contributed by atoms with Crippen molar-refractivity contribution in [2.75, 3.05) is 6.54 Å². The van der Waals surface area contributed by atoms with Crippen LogP contribution in [0.15, 0.2) is 18.2 Å². The van der Waals surface area contributed by atoms with Gasteiger partial charge in [0.2, 0.25) is 5.91 Å². The van der Waals surface area contributed by atoms with Crippen molar-refractivity contribution in [1.82, 2.24) is 4.90 Å². The van der Waals surface area contributed by atoms with Crippen molar-refractivity contribution in [2.24, 2.45) is 5.73 Å². The summed E-state index contributed by atoms with van der Waals surface area (Å²) >= 11 is 6.00. The Hall–Kier alpha value is -1.75. The number of nitrogens with two attached hydrogens (primary N) is 1. The average Bonchev–Trinajstić information content (AvgIpc) is 2.91. The molecule has 1 aromatic rings. The number of carbonyl (C=O) groups is 2. The molecule has 0 aliphatic heterocycles. The summed E-state index contributed by atoms with van der Waals surface area (Å²) in [5, 5.41) is 9.74. The number of benzene rings is 1. The van der Waals surface area contributed by atoms with E-state index in [0.29, 0.717) is 0 Å². The summed E-state index contributed by atoms with van der Waals surface area (Å²) in [6.45, 7) is -0.129. The highest BCUT2D eigenvalue weighted by Crippen LogP contribution is 2.28. The largest absolute Gasteiger partial charge is 0.508 e. The molecule has 6 heteroatoms. The van der Waals surface area contributed by atoms with Crippen molar-refractivity contribution >= 4 is 23.4 Å². The van der Waals surface area contributed by atoms with Crippen molar-refractivity contribution in [3.8, 4) is 5.75 Å². The second-order valence-electron chi connectivity index (χ2n) is 5.00. The van der Waals surface area contributed by atoms with Crippen LogP contribution >= 0.6 is 11.6 Å². The zero-order chi connectivity index (χ0) is 14.7. The molecule has 0 heterocycles. The molecule has 0 aromatic heterocycles. The molecule has 0 spiro atoms. The van der Waals surface area contributed by atoms with E-state index in [2.05, 4.69) is 0 Å². The van der Waals surface area contributed by atoms with Crippen LogP contribution in [0, 0.1) is 0 Å². The summed E-state index contributed by atoms with van der Waals surface area (Å²) in [5.41, 5.74) is 5.42. The normalized spacial score (nSPS) is 15.2. The van der Waals surface area contributed by atoms with E-state index in [4.69, 9.17) is 17.3 Å². The van der Waals surface area contributed by atoms with E-state index in [9.17, 15) is 14.7 Å². The van der Waals surface area contributed by atoms with Crippen LogP contribution in [-0.2, 0) is 4.79 Å². The minimum atomic E-state index is -0.554. The van der Waals surface area contributed by atoms with Crippen LogP contribution < -0.4 is 5.73 Å². The molecule has 0 bridgehead atoms. The molecule has 1 fully saturated rings. The molecular formula is C14H17ClN2O3. The maximum absolute atomic E-state index is 12.6. The first kappa shape index (κ1) is 14.7. The van der Waals surface area contributed by atoms with E-state index >= 15 is 0 Å². The number of hydrogen-bond acceptors (Lipinski definition) is 3. The van der Waals surface area contributed by atoms with E-state index in [-0.39, 0.29) is 34.8 Å². The number of nitrogens with zero attached hydrogens (tertiary/aromatic N) is 1. The van der Waals surface area contributed by atoms with Crippen molar-refractivity contribution < 1.29 is 14.7 Å². The van der Waals surface area contributed by atoms with Crippen LogP contribution in [0.4, 0.5) is 0 Å². The molecular weight excluding hydrogens is 280 g/mol. The topological polar surface area (TPSA) is 83.6 Å². The fourth-order valence-corrected chi connectivity index (χ4v) is 2.78. The monoisotopic (exact) mass is 296 g/mol. The van der Waals surface area contributed by atoms with Crippen molar-refractivity contribution in [1.29, 1.82) is 0 Å². The molecule has 3 N–H and O–H groups in total. The first-order chi connectivity index (χ1) is 9.49. The highest BCUT2D eigenvalue weighted by Gasteiger charge is 2.29. The van der Waals surface area contributed by atoms with Gasteiger partial charge in [-0.1, -0.05) is 24.4 Å². The van der Waals surface area contributed by atoms with Gasteiger partial charge < -0.3 is 15.7 Å². The SMILES string of the molecule is NC(=O)CN(C(=O)c1cc(O)ccc1Cl)C1CCCC1. The summed E-state index contributed by atoms with van der Waals surface area (Å²) in [7, 11) is 0. The Balaban J connectivity index is 2.29. The van der Waals surface area contributed by atoms with Gasteiger partial charge in [-0.25, -0.2) is 0 Å². The maximum Gasteiger partial charge on any atom is 0.256 e. The number of phenols is 1. The molecule has 0 saturated heterocycles. The highest BCUT2D eigenvalue weighted by atomic mass is 35.5. The summed E-state index contributed by atoms with van der Waals surface area (Å²) in [6.07, 6.45) is 3.77. The number of hydrogen-bond donors (Lipinski definition) is 2. The fourth-order valence-electron chi connectivity index (χ4n) is 2.58. The second kappa shape index (κ2) is 6.13. The number of aromatic hydroxyl groups is 1. The van der Waals surface area contributed by atoms with Gasteiger partial charge in [-0.15, -0.1) is 0 Å². The standard InChI is InChI=1S/C14H17ClN2O3/c15-12-6-5-10(18)7-11(12)14(20)17(8-13(16)19)9-3-1-2-4-9/h5-7,9,18H,1-4,8H2,(H2,16,19). The molecule has 5 nitrogen and oxygen atoms in total. The van der Waals surface area contributed by atoms with Crippen molar-refractivity contribution in [3.05, 3.63) is 28.8 Å². The lowest BCUT2D eigenvalue weighted by Crippen LogP contribution is -2.44. The first-order valence-corrected chi connectivity index (χ1v) is 6.94. The van der Waals surface area contributed by atoms with Crippen LogP contribution in [0.3, 0.4) is 0 Å². The number of halogens is 1. The molecule has 0 radical (unpaired) electrons. The van der Waals surface area contributed by atoms with E-state index in [1.807, 2.05) is 0 Å². The number of phenolic OH excluding ortho intramolecular Hbond substituents is 1. The summed E-state index contributed by atoms with van der Waals surface area (Å²) in [5.74, 6) is -0.957. The first-order valence-electron chi connectivity index (χ1n) is 6.57. The third kappa shape index (κ3) is 3.22. The molecule has 1 saturated carbocycles. The quantitative estimate of drug-likeness (QED) is 0.890. The molecule has 0 atom stereocenters. The van der Waals surface area contributed by atoms with Crippen molar-refractivity contribution in [3.63, 3.8) is 0 Å². The van der Waals surface area contributed by atoms with Gasteiger partial charge in [-0.3, -0.25) is 9.59 Å². The Morgan fingerprint density at radius 2 is 2.00 bits per heavy atom. The van der Waals surface area contributed by atoms with Crippen LogP contribution in [-0.4, -0.2) is 34.4 Å². The van der Waals surface area contributed by atoms with Gasteiger partial charge in [0.15, 0.2) is 0 Å². The van der Waals surface area contributed by atoms with Gasteiger partial charge in [0, 0.05) is 6.04 Å². The molecule has 108 valence electrons. The minimum absolute atomic E-state index is 0.00779. The Morgan fingerprint density at radius 3 is 2.60 bits per heavy atom. The second-order valence-corrected chi connectivity index (χ2v) is 5.41. The van der Waals surface area contributed by atoms with Gasteiger partial charge in [0.05, 0.1) is 17.1 Å². The van der Waals surface area contributed by atoms with E-state index in [1.165, 1.54) is 23.1 Å². The summed E-state index contributed by atoms with van der Waals surface area (Å²) in [6, 6.07) is 4.19. The Bertz CT molecular complexity index is 527. The van der Waals surface area contributed by atoms with Crippen LogP contribution in [0.25, 0.3) is 0 Å². The third-order valence-corrected chi connectivity index (χ3v) is 3.86. The molecule has 1 aliphatic carbocycles. The highest BCUT2D eigenvalue weighted by molar-refractivity contribution is 6.33.